The normalized spacial score (nSPS) is 20.1. The summed E-state index contributed by atoms with van der Waals surface area (Å²) in [7, 11) is 0. The molecule has 1 aromatic rings. The van der Waals surface area contributed by atoms with Gasteiger partial charge in [-0.15, -0.1) is 0 Å². The van der Waals surface area contributed by atoms with Crippen LogP contribution in [0.2, 0.25) is 0 Å². The summed E-state index contributed by atoms with van der Waals surface area (Å²) in [6, 6.07) is 4.12. The fourth-order valence-electron chi connectivity index (χ4n) is 4.75. The molecule has 3 rings (SSSR count). The van der Waals surface area contributed by atoms with E-state index in [0.29, 0.717) is 25.3 Å². The van der Waals surface area contributed by atoms with E-state index in [1.807, 2.05) is 25.7 Å². The molecule has 34 heavy (non-hydrogen) atoms. The van der Waals surface area contributed by atoms with Crippen LogP contribution in [-0.4, -0.2) is 64.3 Å². The van der Waals surface area contributed by atoms with Crippen LogP contribution in [0, 0.1) is 22.0 Å². The minimum absolute atomic E-state index is 0.0728. The van der Waals surface area contributed by atoms with Crippen LogP contribution in [-0.2, 0) is 9.59 Å². The van der Waals surface area contributed by atoms with Gasteiger partial charge in [-0.2, -0.15) is 0 Å². The standard InChI is InChI=1S/C24H35N5O5/c1-16(2)21(26-24(32)25-19-9-11-20(12-10-19)29(33)34)23(31)27-13-14-28(17(3)15-27)22(30)18-7-5-4-6-8-18/h9-12,16-18,21H,4-8,13-15H2,1-3H3,(H2,25,26,32). The number of piperazine rings is 1. The van der Waals surface area contributed by atoms with Crippen molar-refractivity contribution in [2.45, 2.75) is 65.0 Å². The number of hydrogen-bond donors (Lipinski definition) is 2. The molecule has 2 unspecified atom stereocenters. The van der Waals surface area contributed by atoms with Crippen molar-refractivity contribution in [3.05, 3.63) is 34.4 Å². The van der Waals surface area contributed by atoms with Crippen molar-refractivity contribution in [3.63, 3.8) is 0 Å². The first kappa shape index (κ1) is 25.5. The maximum Gasteiger partial charge on any atom is 0.319 e. The largest absolute Gasteiger partial charge is 0.337 e. The highest BCUT2D eigenvalue weighted by Crippen LogP contribution is 2.27. The minimum Gasteiger partial charge on any atom is -0.337 e. The Bertz CT molecular complexity index is 898. The van der Waals surface area contributed by atoms with E-state index >= 15 is 0 Å². The third-order valence-corrected chi connectivity index (χ3v) is 6.73. The predicted molar refractivity (Wildman–Crippen MR) is 128 cm³/mol. The number of urea groups is 1. The Morgan fingerprint density at radius 3 is 2.26 bits per heavy atom. The van der Waals surface area contributed by atoms with Crippen LogP contribution >= 0.6 is 0 Å². The number of non-ortho nitro benzene ring substituents is 1. The molecule has 186 valence electrons. The summed E-state index contributed by atoms with van der Waals surface area (Å²) in [5, 5.41) is 16.1. The van der Waals surface area contributed by atoms with Gasteiger partial charge in [-0.3, -0.25) is 19.7 Å². The number of benzene rings is 1. The molecule has 0 bridgehead atoms. The highest BCUT2D eigenvalue weighted by atomic mass is 16.6. The van der Waals surface area contributed by atoms with E-state index < -0.39 is 17.0 Å². The molecule has 1 aliphatic heterocycles. The number of nitrogens with one attached hydrogen (secondary N) is 2. The Balaban J connectivity index is 1.57. The quantitative estimate of drug-likeness (QED) is 0.484. The monoisotopic (exact) mass is 473 g/mol. The molecule has 2 fully saturated rings. The Labute approximate surface area is 200 Å². The SMILES string of the molecule is CC(C)C(NC(=O)Nc1ccc([N+](=O)[O-])cc1)C(=O)N1CCN(C(=O)C2CCCCC2)C(C)C1. The van der Waals surface area contributed by atoms with Crippen LogP contribution in [0.1, 0.15) is 52.9 Å². The van der Waals surface area contributed by atoms with Crippen molar-refractivity contribution in [1.82, 2.24) is 15.1 Å². The van der Waals surface area contributed by atoms with Crippen molar-refractivity contribution in [2.24, 2.45) is 11.8 Å². The number of rotatable bonds is 6. The highest BCUT2D eigenvalue weighted by Gasteiger charge is 2.36. The number of carbonyl (C=O) groups excluding carboxylic acids is 3. The molecule has 0 spiro atoms. The zero-order valence-electron chi connectivity index (χ0n) is 20.2. The molecule has 2 atom stereocenters. The lowest BCUT2D eigenvalue weighted by Gasteiger charge is -2.43. The number of anilines is 1. The van der Waals surface area contributed by atoms with Crippen molar-refractivity contribution in [3.8, 4) is 0 Å². The van der Waals surface area contributed by atoms with Crippen molar-refractivity contribution in [1.29, 1.82) is 0 Å². The molecular formula is C24H35N5O5. The van der Waals surface area contributed by atoms with Crippen LogP contribution in [0.4, 0.5) is 16.2 Å². The third kappa shape index (κ3) is 6.24. The molecule has 2 N–H and O–H groups in total. The zero-order valence-corrected chi connectivity index (χ0v) is 20.2. The summed E-state index contributed by atoms with van der Waals surface area (Å²) >= 11 is 0. The van der Waals surface area contributed by atoms with Crippen molar-refractivity contribution >= 4 is 29.2 Å². The topological polar surface area (TPSA) is 125 Å². The maximum absolute atomic E-state index is 13.3. The number of amides is 4. The Morgan fingerprint density at radius 1 is 1.06 bits per heavy atom. The van der Waals surface area contributed by atoms with Crippen molar-refractivity contribution in [2.75, 3.05) is 25.0 Å². The van der Waals surface area contributed by atoms with Gasteiger partial charge in [0.15, 0.2) is 0 Å². The van der Waals surface area contributed by atoms with E-state index in [4.69, 9.17) is 0 Å². The zero-order chi connectivity index (χ0) is 24.8. The molecule has 4 amide bonds. The molecule has 10 heteroatoms. The first-order valence-electron chi connectivity index (χ1n) is 12.1. The van der Waals surface area contributed by atoms with Gasteiger partial charge in [0.2, 0.25) is 11.8 Å². The highest BCUT2D eigenvalue weighted by molar-refractivity contribution is 5.94. The number of nitrogens with zero attached hydrogens (tertiary/aromatic N) is 3. The Hall–Kier alpha value is -3.17. The van der Waals surface area contributed by atoms with E-state index in [2.05, 4.69) is 10.6 Å². The molecule has 10 nitrogen and oxygen atoms in total. The molecule has 2 aliphatic rings. The van der Waals surface area contributed by atoms with Gasteiger partial charge >= 0.3 is 6.03 Å². The van der Waals surface area contributed by atoms with E-state index in [9.17, 15) is 24.5 Å². The second kappa shape index (κ2) is 11.3. The molecule has 1 aromatic carbocycles. The van der Waals surface area contributed by atoms with Crippen LogP contribution < -0.4 is 10.6 Å². The number of hydrogen-bond acceptors (Lipinski definition) is 5. The van der Waals surface area contributed by atoms with Gasteiger partial charge < -0.3 is 20.4 Å². The average molecular weight is 474 g/mol. The lowest BCUT2D eigenvalue weighted by atomic mass is 9.87. The van der Waals surface area contributed by atoms with E-state index in [1.165, 1.54) is 30.7 Å². The molecule has 1 aliphatic carbocycles. The summed E-state index contributed by atoms with van der Waals surface area (Å²) in [6.07, 6.45) is 5.31. The Kier molecular flexibility index (Phi) is 8.46. The fraction of sp³-hybridized carbons (Fsp3) is 0.625. The smallest absolute Gasteiger partial charge is 0.319 e. The summed E-state index contributed by atoms with van der Waals surface area (Å²) in [5.41, 5.74) is 0.318. The lowest BCUT2D eigenvalue weighted by Crippen LogP contribution is -2.60. The van der Waals surface area contributed by atoms with Gasteiger partial charge in [0.1, 0.15) is 6.04 Å². The van der Waals surface area contributed by atoms with Gasteiger partial charge in [-0.1, -0.05) is 33.1 Å². The second-order valence-electron chi connectivity index (χ2n) is 9.62. The van der Waals surface area contributed by atoms with Gasteiger partial charge in [0.05, 0.1) is 4.92 Å². The van der Waals surface area contributed by atoms with Gasteiger partial charge in [-0.25, -0.2) is 4.79 Å². The maximum atomic E-state index is 13.3. The first-order chi connectivity index (χ1) is 16.2. The van der Waals surface area contributed by atoms with Crippen LogP contribution in [0.5, 0.6) is 0 Å². The minimum atomic E-state index is -0.731. The molecule has 1 saturated heterocycles. The van der Waals surface area contributed by atoms with Crippen molar-refractivity contribution < 1.29 is 19.3 Å². The van der Waals surface area contributed by atoms with E-state index in [-0.39, 0.29) is 35.4 Å². The lowest BCUT2D eigenvalue weighted by molar-refractivity contribution is -0.384. The summed E-state index contributed by atoms with van der Waals surface area (Å²) < 4.78 is 0. The van der Waals surface area contributed by atoms with E-state index in [1.54, 1.807) is 4.90 Å². The summed E-state index contributed by atoms with van der Waals surface area (Å²) in [5.74, 6) is -0.00950. The van der Waals surface area contributed by atoms with Gasteiger partial charge in [-0.05, 0) is 37.8 Å². The Morgan fingerprint density at radius 2 is 1.71 bits per heavy atom. The molecule has 1 saturated carbocycles. The van der Waals surface area contributed by atoms with Crippen LogP contribution in [0.15, 0.2) is 24.3 Å². The van der Waals surface area contributed by atoms with E-state index in [0.717, 1.165) is 25.7 Å². The summed E-state index contributed by atoms with van der Waals surface area (Å²) in [4.78, 5) is 52.7. The van der Waals surface area contributed by atoms with Gasteiger partial charge in [0.25, 0.3) is 5.69 Å². The number of nitro groups is 1. The predicted octanol–water partition coefficient (Wildman–Crippen LogP) is 3.38. The fourth-order valence-corrected chi connectivity index (χ4v) is 4.75. The van der Waals surface area contributed by atoms with Crippen LogP contribution in [0.25, 0.3) is 0 Å². The summed E-state index contributed by atoms with van der Waals surface area (Å²) in [6.45, 7) is 7.08. The molecule has 0 radical (unpaired) electrons. The molecule has 1 heterocycles. The second-order valence-corrected chi connectivity index (χ2v) is 9.62. The van der Waals surface area contributed by atoms with Gasteiger partial charge in [0, 0.05) is 49.4 Å². The van der Waals surface area contributed by atoms with Crippen LogP contribution in [0.3, 0.4) is 0 Å². The number of carbonyl (C=O) groups is 3. The third-order valence-electron chi connectivity index (χ3n) is 6.73. The number of nitro benzene ring substituents is 1. The average Bonchev–Trinajstić information content (AvgIpc) is 2.82. The molecular weight excluding hydrogens is 438 g/mol. The molecule has 0 aromatic heterocycles. The first-order valence-corrected chi connectivity index (χ1v) is 12.1.